The van der Waals surface area contributed by atoms with Gasteiger partial charge in [0, 0.05) is 12.5 Å². The van der Waals surface area contributed by atoms with E-state index in [0.29, 0.717) is 12.0 Å². The Labute approximate surface area is 69.4 Å². The van der Waals surface area contributed by atoms with Crippen molar-refractivity contribution in [2.75, 3.05) is 6.61 Å². The molecule has 11 heavy (non-hydrogen) atoms. The summed E-state index contributed by atoms with van der Waals surface area (Å²) in [5, 5.41) is 0. The zero-order valence-corrected chi connectivity index (χ0v) is 7.38. The first kappa shape index (κ1) is 8.79. The Kier molecular flexibility index (Phi) is 3.64. The second-order valence-electron chi connectivity index (χ2n) is 3.24. The summed E-state index contributed by atoms with van der Waals surface area (Å²) >= 11 is 0. The molecule has 0 spiro atoms. The summed E-state index contributed by atoms with van der Waals surface area (Å²) in [5.41, 5.74) is 0. The average Bonchev–Trinajstić information content (AvgIpc) is 2.06. The largest absolute Gasteiger partial charge is 0.378 e. The lowest BCUT2D eigenvalue weighted by molar-refractivity contribution is -0.0156. The van der Waals surface area contributed by atoms with Crippen LogP contribution in [0.1, 0.15) is 32.6 Å². The third-order valence-electron chi connectivity index (χ3n) is 2.37. The Bertz CT molecular complexity index is 118. The Morgan fingerprint density at radius 3 is 3.09 bits per heavy atom. The summed E-state index contributed by atoms with van der Waals surface area (Å²) in [6.45, 7) is 7.00. The van der Waals surface area contributed by atoms with Gasteiger partial charge in [-0.1, -0.05) is 19.4 Å². The van der Waals surface area contributed by atoms with Gasteiger partial charge in [-0.25, -0.2) is 0 Å². The summed E-state index contributed by atoms with van der Waals surface area (Å²) in [6.07, 6.45) is 7.40. The first-order valence-corrected chi connectivity index (χ1v) is 4.62. The van der Waals surface area contributed by atoms with Crippen molar-refractivity contribution in [3.05, 3.63) is 12.7 Å². The molecule has 1 saturated heterocycles. The summed E-state index contributed by atoms with van der Waals surface area (Å²) in [7, 11) is 0. The number of hydrogen-bond acceptors (Lipinski definition) is 1. The van der Waals surface area contributed by atoms with E-state index >= 15 is 0 Å². The molecule has 0 unspecified atom stereocenters. The summed E-state index contributed by atoms with van der Waals surface area (Å²) < 4.78 is 5.65. The maximum absolute atomic E-state index is 5.65. The fourth-order valence-electron chi connectivity index (χ4n) is 1.71. The van der Waals surface area contributed by atoms with Gasteiger partial charge in [0.05, 0.1) is 6.10 Å². The van der Waals surface area contributed by atoms with Gasteiger partial charge < -0.3 is 4.74 Å². The van der Waals surface area contributed by atoms with E-state index in [-0.39, 0.29) is 0 Å². The molecule has 1 heterocycles. The van der Waals surface area contributed by atoms with Crippen molar-refractivity contribution in [3.8, 4) is 0 Å². The van der Waals surface area contributed by atoms with Crippen molar-refractivity contribution in [2.45, 2.75) is 38.7 Å². The average molecular weight is 154 g/mol. The number of ether oxygens (including phenoxy) is 1. The van der Waals surface area contributed by atoms with E-state index in [0.717, 1.165) is 6.61 Å². The minimum Gasteiger partial charge on any atom is -0.378 e. The molecule has 0 aromatic heterocycles. The topological polar surface area (TPSA) is 9.23 Å². The quantitative estimate of drug-likeness (QED) is 0.568. The smallest absolute Gasteiger partial charge is 0.0637 e. The predicted molar refractivity (Wildman–Crippen MR) is 47.6 cm³/mol. The molecule has 1 nitrogen and oxygen atoms in total. The van der Waals surface area contributed by atoms with E-state index in [2.05, 4.69) is 19.6 Å². The molecule has 2 atom stereocenters. The standard InChI is InChI=1S/C10H18O/c1-3-6-10-9(4-2)7-5-8-11-10/h4,9-10H,2-3,5-8H2,1H3/t9-,10-/m1/s1. The van der Waals surface area contributed by atoms with E-state index in [9.17, 15) is 0 Å². The van der Waals surface area contributed by atoms with E-state index in [4.69, 9.17) is 4.74 Å². The maximum Gasteiger partial charge on any atom is 0.0637 e. The van der Waals surface area contributed by atoms with Crippen LogP contribution in [0.15, 0.2) is 12.7 Å². The Hall–Kier alpha value is -0.300. The van der Waals surface area contributed by atoms with Crippen LogP contribution in [0.3, 0.4) is 0 Å². The molecule has 0 saturated carbocycles. The molecule has 0 bridgehead atoms. The van der Waals surface area contributed by atoms with Gasteiger partial charge in [0.15, 0.2) is 0 Å². The van der Waals surface area contributed by atoms with Crippen LogP contribution in [0.5, 0.6) is 0 Å². The highest BCUT2D eigenvalue weighted by atomic mass is 16.5. The van der Waals surface area contributed by atoms with Crippen LogP contribution >= 0.6 is 0 Å². The van der Waals surface area contributed by atoms with E-state index in [1.807, 2.05) is 0 Å². The Morgan fingerprint density at radius 2 is 2.45 bits per heavy atom. The van der Waals surface area contributed by atoms with Crippen molar-refractivity contribution in [1.82, 2.24) is 0 Å². The van der Waals surface area contributed by atoms with Crippen LogP contribution in [0.2, 0.25) is 0 Å². The molecule has 0 radical (unpaired) electrons. The molecule has 1 rings (SSSR count). The molecular formula is C10H18O. The van der Waals surface area contributed by atoms with Crippen molar-refractivity contribution in [2.24, 2.45) is 5.92 Å². The molecule has 64 valence electrons. The van der Waals surface area contributed by atoms with Crippen LogP contribution in [0.25, 0.3) is 0 Å². The summed E-state index contributed by atoms with van der Waals surface area (Å²) in [4.78, 5) is 0. The zero-order valence-electron chi connectivity index (χ0n) is 7.38. The van der Waals surface area contributed by atoms with Crippen LogP contribution in [-0.2, 0) is 4.74 Å². The maximum atomic E-state index is 5.65. The lowest BCUT2D eigenvalue weighted by Gasteiger charge is -2.29. The fraction of sp³-hybridized carbons (Fsp3) is 0.800. The molecule has 1 heteroatoms. The summed E-state index contributed by atoms with van der Waals surface area (Å²) in [5.74, 6) is 0.615. The van der Waals surface area contributed by atoms with E-state index in [1.54, 1.807) is 0 Å². The normalized spacial score (nSPS) is 31.7. The van der Waals surface area contributed by atoms with Crippen LogP contribution in [-0.4, -0.2) is 12.7 Å². The van der Waals surface area contributed by atoms with Gasteiger partial charge in [0.1, 0.15) is 0 Å². The Balaban J connectivity index is 2.37. The van der Waals surface area contributed by atoms with E-state index < -0.39 is 0 Å². The third-order valence-corrected chi connectivity index (χ3v) is 2.37. The third kappa shape index (κ3) is 2.33. The van der Waals surface area contributed by atoms with Gasteiger partial charge in [0.2, 0.25) is 0 Å². The molecule has 0 aromatic rings. The monoisotopic (exact) mass is 154 g/mol. The van der Waals surface area contributed by atoms with Crippen LogP contribution < -0.4 is 0 Å². The molecule has 1 aliphatic heterocycles. The van der Waals surface area contributed by atoms with Gasteiger partial charge in [-0.15, -0.1) is 6.58 Å². The minimum atomic E-state index is 0.464. The molecule has 1 aliphatic rings. The first-order valence-electron chi connectivity index (χ1n) is 4.62. The number of hydrogen-bond donors (Lipinski definition) is 0. The molecule has 0 aliphatic carbocycles. The molecule has 0 amide bonds. The predicted octanol–water partition coefficient (Wildman–Crippen LogP) is 2.77. The first-order chi connectivity index (χ1) is 5.38. The van der Waals surface area contributed by atoms with Gasteiger partial charge >= 0.3 is 0 Å². The Morgan fingerprint density at radius 1 is 1.64 bits per heavy atom. The molecule has 0 aromatic carbocycles. The number of rotatable bonds is 3. The van der Waals surface area contributed by atoms with Crippen LogP contribution in [0, 0.1) is 5.92 Å². The second kappa shape index (κ2) is 4.55. The molecule has 0 N–H and O–H groups in total. The van der Waals surface area contributed by atoms with Crippen molar-refractivity contribution in [1.29, 1.82) is 0 Å². The lowest BCUT2D eigenvalue weighted by atomic mass is 9.92. The van der Waals surface area contributed by atoms with Crippen LogP contribution in [0.4, 0.5) is 0 Å². The van der Waals surface area contributed by atoms with Gasteiger partial charge in [-0.05, 0) is 19.3 Å². The van der Waals surface area contributed by atoms with Crippen molar-refractivity contribution >= 4 is 0 Å². The van der Waals surface area contributed by atoms with Crippen molar-refractivity contribution < 1.29 is 4.74 Å². The zero-order chi connectivity index (χ0) is 8.10. The minimum absolute atomic E-state index is 0.464. The van der Waals surface area contributed by atoms with Gasteiger partial charge in [-0.2, -0.15) is 0 Å². The highest BCUT2D eigenvalue weighted by Crippen LogP contribution is 2.24. The summed E-state index contributed by atoms with van der Waals surface area (Å²) in [6, 6.07) is 0. The van der Waals surface area contributed by atoms with E-state index in [1.165, 1.54) is 25.7 Å². The molecule has 1 fully saturated rings. The SMILES string of the molecule is C=C[C@@H]1CCCO[C@@H]1CCC. The molecular weight excluding hydrogens is 136 g/mol. The van der Waals surface area contributed by atoms with Crippen molar-refractivity contribution in [3.63, 3.8) is 0 Å². The second-order valence-corrected chi connectivity index (χ2v) is 3.24. The lowest BCUT2D eigenvalue weighted by Crippen LogP contribution is -2.27. The highest BCUT2D eigenvalue weighted by molar-refractivity contribution is 4.87. The highest BCUT2D eigenvalue weighted by Gasteiger charge is 2.21. The van der Waals surface area contributed by atoms with Gasteiger partial charge in [-0.3, -0.25) is 0 Å². The fourth-order valence-corrected chi connectivity index (χ4v) is 1.71. The van der Waals surface area contributed by atoms with Gasteiger partial charge in [0.25, 0.3) is 0 Å².